The van der Waals surface area contributed by atoms with Gasteiger partial charge in [-0.25, -0.2) is 4.31 Å². The normalized spacial score (nSPS) is 11.1. The molecule has 0 aromatic heterocycles. The molecule has 0 amide bonds. The van der Waals surface area contributed by atoms with Crippen LogP contribution in [0.2, 0.25) is 0 Å². The van der Waals surface area contributed by atoms with Crippen LogP contribution in [-0.2, 0) is 4.79 Å². The summed E-state index contributed by atoms with van der Waals surface area (Å²) in [4.78, 5) is 10.1. The third-order valence-electron chi connectivity index (χ3n) is 2.14. The summed E-state index contributed by atoms with van der Waals surface area (Å²) < 4.78 is 2.06. The molecular formula is C9H18NOS. The highest BCUT2D eigenvalue weighted by molar-refractivity contribution is 8.09. The molecule has 71 valence electrons. The summed E-state index contributed by atoms with van der Waals surface area (Å²) in [6.07, 6.45) is 2.37. The Morgan fingerprint density at radius 2 is 1.92 bits per heavy atom. The fourth-order valence-corrected chi connectivity index (χ4v) is 1.64. The highest BCUT2D eigenvalue weighted by Crippen LogP contribution is 2.14. The fraction of sp³-hybridized carbons (Fsp3) is 0.889. The van der Waals surface area contributed by atoms with Gasteiger partial charge in [-0.05, 0) is 5.92 Å². The van der Waals surface area contributed by atoms with Crippen molar-refractivity contribution in [3.63, 3.8) is 0 Å². The first-order valence-electron chi connectivity index (χ1n) is 4.57. The van der Waals surface area contributed by atoms with E-state index >= 15 is 0 Å². The van der Waals surface area contributed by atoms with E-state index in [1.54, 1.807) is 0 Å². The Bertz CT molecular complexity index is 115. The van der Waals surface area contributed by atoms with Crippen LogP contribution in [0, 0.1) is 5.92 Å². The molecular weight excluding hydrogens is 170 g/mol. The molecule has 0 spiro atoms. The van der Waals surface area contributed by atoms with Crippen LogP contribution >= 0.6 is 11.9 Å². The summed E-state index contributed by atoms with van der Waals surface area (Å²) in [6, 6.07) is 0. The standard InChI is InChI=1S/C9H18NOS/c1-4-9(5-2)7-10(6-3)12-8-11/h9H,4-7H2,1-3H3. The molecule has 12 heavy (non-hydrogen) atoms. The van der Waals surface area contributed by atoms with Crippen LogP contribution in [0.3, 0.4) is 0 Å². The summed E-state index contributed by atoms with van der Waals surface area (Å²) in [7, 11) is 0. The minimum absolute atomic E-state index is 0.714. The van der Waals surface area contributed by atoms with Crippen molar-refractivity contribution in [2.75, 3.05) is 13.1 Å². The number of nitrogens with zero attached hydrogens (tertiary/aromatic N) is 1. The second-order valence-electron chi connectivity index (χ2n) is 2.84. The Labute approximate surface area is 79.8 Å². The van der Waals surface area contributed by atoms with Gasteiger partial charge in [-0.1, -0.05) is 33.6 Å². The second-order valence-corrected chi connectivity index (χ2v) is 3.70. The van der Waals surface area contributed by atoms with Crippen LogP contribution < -0.4 is 0 Å². The first-order chi connectivity index (χ1) is 5.78. The van der Waals surface area contributed by atoms with Crippen molar-refractivity contribution >= 4 is 17.6 Å². The Morgan fingerprint density at radius 1 is 1.33 bits per heavy atom. The van der Waals surface area contributed by atoms with Crippen LogP contribution in [0.5, 0.6) is 0 Å². The molecule has 0 rings (SSSR count). The van der Waals surface area contributed by atoms with E-state index in [-0.39, 0.29) is 0 Å². The molecule has 1 radical (unpaired) electrons. The molecule has 0 heterocycles. The molecule has 0 aromatic rings. The van der Waals surface area contributed by atoms with Crippen molar-refractivity contribution in [1.29, 1.82) is 0 Å². The van der Waals surface area contributed by atoms with Crippen molar-refractivity contribution in [2.24, 2.45) is 5.92 Å². The van der Waals surface area contributed by atoms with Gasteiger partial charge in [0, 0.05) is 25.0 Å². The van der Waals surface area contributed by atoms with Gasteiger partial charge in [-0.15, -0.1) is 0 Å². The maximum Gasteiger partial charge on any atom is 0.282 e. The molecule has 0 aromatic carbocycles. The quantitative estimate of drug-likeness (QED) is 0.572. The number of rotatable bonds is 7. The predicted molar refractivity (Wildman–Crippen MR) is 54.6 cm³/mol. The van der Waals surface area contributed by atoms with E-state index in [2.05, 4.69) is 25.1 Å². The van der Waals surface area contributed by atoms with E-state index < -0.39 is 0 Å². The lowest BCUT2D eigenvalue weighted by atomic mass is 10.0. The highest BCUT2D eigenvalue weighted by Gasteiger charge is 2.09. The van der Waals surface area contributed by atoms with Crippen LogP contribution in [0.15, 0.2) is 0 Å². The lowest BCUT2D eigenvalue weighted by molar-refractivity contribution is 0.366. The van der Waals surface area contributed by atoms with Gasteiger partial charge in [-0.2, -0.15) is 0 Å². The van der Waals surface area contributed by atoms with E-state index in [0.717, 1.165) is 25.0 Å². The van der Waals surface area contributed by atoms with Crippen LogP contribution in [0.4, 0.5) is 0 Å². The topological polar surface area (TPSA) is 20.3 Å². The van der Waals surface area contributed by atoms with Gasteiger partial charge >= 0.3 is 0 Å². The fourth-order valence-electron chi connectivity index (χ4n) is 1.12. The molecule has 3 heteroatoms. The smallest absolute Gasteiger partial charge is 0.276 e. The molecule has 0 unspecified atom stereocenters. The van der Waals surface area contributed by atoms with Gasteiger partial charge in [0.2, 0.25) is 0 Å². The molecule has 0 N–H and O–H groups in total. The Hall–Kier alpha value is -0.0200. The van der Waals surface area contributed by atoms with Gasteiger partial charge < -0.3 is 0 Å². The first kappa shape index (κ1) is 12.0. The highest BCUT2D eigenvalue weighted by atomic mass is 32.2. The van der Waals surface area contributed by atoms with Gasteiger partial charge in [-0.3, -0.25) is 4.79 Å². The lowest BCUT2D eigenvalue weighted by Crippen LogP contribution is -2.22. The van der Waals surface area contributed by atoms with Gasteiger partial charge in [0.05, 0.1) is 0 Å². The zero-order valence-corrected chi connectivity index (χ0v) is 8.99. The van der Waals surface area contributed by atoms with Crippen LogP contribution in [0.1, 0.15) is 33.6 Å². The Morgan fingerprint density at radius 3 is 2.25 bits per heavy atom. The van der Waals surface area contributed by atoms with E-state index in [0.29, 0.717) is 5.92 Å². The molecule has 0 fully saturated rings. The zero-order chi connectivity index (χ0) is 9.40. The van der Waals surface area contributed by atoms with E-state index in [4.69, 9.17) is 0 Å². The number of carbonyl (C=O) groups excluding carboxylic acids is 1. The summed E-state index contributed by atoms with van der Waals surface area (Å²) in [5.41, 5.74) is 1.86. The monoisotopic (exact) mass is 188 g/mol. The summed E-state index contributed by atoms with van der Waals surface area (Å²) in [5.74, 6) is 0.714. The van der Waals surface area contributed by atoms with Crippen molar-refractivity contribution < 1.29 is 4.79 Å². The van der Waals surface area contributed by atoms with Crippen molar-refractivity contribution in [1.82, 2.24) is 4.31 Å². The van der Waals surface area contributed by atoms with Crippen LogP contribution in [0.25, 0.3) is 0 Å². The second kappa shape index (κ2) is 7.62. The number of hydrogen-bond acceptors (Lipinski definition) is 3. The molecule has 0 aliphatic carbocycles. The summed E-state index contributed by atoms with van der Waals surface area (Å²) >= 11 is 1.16. The average Bonchev–Trinajstić information content (AvgIpc) is 2.12. The largest absolute Gasteiger partial charge is 0.282 e. The third-order valence-corrected chi connectivity index (χ3v) is 2.88. The van der Waals surface area contributed by atoms with Gasteiger partial charge in [0.25, 0.3) is 5.62 Å². The van der Waals surface area contributed by atoms with Crippen molar-refractivity contribution in [3.05, 3.63) is 0 Å². The Kier molecular flexibility index (Phi) is 7.61. The van der Waals surface area contributed by atoms with E-state index in [9.17, 15) is 4.79 Å². The van der Waals surface area contributed by atoms with E-state index in [1.165, 1.54) is 12.8 Å². The SMILES string of the molecule is CCC(CC)CN(CC)S[C]=O. The van der Waals surface area contributed by atoms with Gasteiger partial charge in [0.1, 0.15) is 0 Å². The molecule has 0 saturated heterocycles. The average molecular weight is 188 g/mol. The van der Waals surface area contributed by atoms with E-state index in [1.807, 2.05) is 5.62 Å². The van der Waals surface area contributed by atoms with Gasteiger partial charge in [0.15, 0.2) is 0 Å². The zero-order valence-electron chi connectivity index (χ0n) is 8.17. The predicted octanol–water partition coefficient (Wildman–Crippen LogP) is 2.46. The molecule has 0 saturated carbocycles. The maximum atomic E-state index is 10.1. The minimum Gasteiger partial charge on any atom is -0.276 e. The molecule has 0 aliphatic heterocycles. The molecule has 0 aliphatic rings. The Balaban J connectivity index is 3.73. The number of hydrogen-bond donors (Lipinski definition) is 0. The summed E-state index contributed by atoms with van der Waals surface area (Å²) in [6.45, 7) is 8.36. The first-order valence-corrected chi connectivity index (χ1v) is 5.34. The molecule has 0 bridgehead atoms. The maximum absolute atomic E-state index is 10.1. The van der Waals surface area contributed by atoms with Crippen molar-refractivity contribution in [3.8, 4) is 0 Å². The lowest BCUT2D eigenvalue weighted by Gasteiger charge is -2.21. The molecule has 2 nitrogen and oxygen atoms in total. The van der Waals surface area contributed by atoms with Crippen LogP contribution in [-0.4, -0.2) is 23.0 Å². The third kappa shape index (κ3) is 4.78. The van der Waals surface area contributed by atoms with Crippen molar-refractivity contribution in [2.45, 2.75) is 33.6 Å². The molecule has 0 atom stereocenters. The summed E-state index contributed by atoms with van der Waals surface area (Å²) in [5, 5.41) is 0. The minimum atomic E-state index is 0.714.